The van der Waals surface area contributed by atoms with Crippen LogP contribution >= 0.6 is 0 Å². The quantitative estimate of drug-likeness (QED) is 0.130. The fourth-order valence-corrected chi connectivity index (χ4v) is 4.80. The lowest BCUT2D eigenvalue weighted by molar-refractivity contribution is -0.0425. The lowest BCUT2D eigenvalue weighted by Gasteiger charge is -2.39. The summed E-state index contributed by atoms with van der Waals surface area (Å²) >= 11 is 0. The Bertz CT molecular complexity index is 1280. The fraction of sp³-hybridized carbons (Fsp3) is 0.467. The van der Waals surface area contributed by atoms with Crippen molar-refractivity contribution in [3.05, 3.63) is 65.6 Å². The Labute approximate surface area is 232 Å². The number of hydrogen-bond donors (Lipinski definition) is 3. The molecule has 210 valence electrons. The van der Waals surface area contributed by atoms with Gasteiger partial charge in [0.2, 0.25) is 0 Å². The van der Waals surface area contributed by atoms with Crippen molar-refractivity contribution in [3.63, 3.8) is 0 Å². The highest BCUT2D eigenvalue weighted by atomic mass is 16.5. The maximum atomic E-state index is 8.15. The first-order valence-electron chi connectivity index (χ1n) is 13.6. The predicted octanol–water partition coefficient (Wildman–Crippen LogP) is 5.87. The van der Waals surface area contributed by atoms with Crippen LogP contribution in [-0.2, 0) is 9.47 Å². The van der Waals surface area contributed by atoms with E-state index >= 15 is 0 Å². The van der Waals surface area contributed by atoms with Crippen molar-refractivity contribution in [1.82, 2.24) is 14.6 Å². The zero-order valence-corrected chi connectivity index (χ0v) is 24.0. The standard InChI is InChI=1S/C27H35N7O2.C3H8/c1-18(16-30-33-22-8-6-5-7-9-22)23-17-31-34-20(3)19(2)24(32-25(23)34)21-10-12-27(13-11-21,26(28)29)36-15-14-35-4;1-3-2/h5-9,16-17,21,33H,1,10-15H2,2-4H3,(H3,28,29);3H2,1-2H3/b30-16-;. The summed E-state index contributed by atoms with van der Waals surface area (Å²) in [5, 5.41) is 17.1. The van der Waals surface area contributed by atoms with Crippen LogP contribution in [0.1, 0.15) is 74.4 Å². The van der Waals surface area contributed by atoms with E-state index in [9.17, 15) is 0 Å². The Morgan fingerprint density at radius 1 is 1.23 bits per heavy atom. The average molecular weight is 534 g/mol. The van der Waals surface area contributed by atoms with Crippen molar-refractivity contribution < 1.29 is 9.47 Å². The molecule has 0 aliphatic heterocycles. The molecule has 3 aromatic rings. The van der Waals surface area contributed by atoms with E-state index in [1.807, 2.05) is 34.8 Å². The van der Waals surface area contributed by atoms with Crippen LogP contribution in [0, 0.1) is 19.3 Å². The highest BCUT2D eigenvalue weighted by molar-refractivity contribution is 6.11. The number of nitrogens with zero attached hydrogens (tertiary/aromatic N) is 4. The monoisotopic (exact) mass is 533 g/mol. The number of allylic oxidation sites excluding steroid dienone is 1. The zero-order valence-electron chi connectivity index (χ0n) is 24.0. The number of nitrogens with one attached hydrogen (secondary N) is 2. The average Bonchev–Trinajstić information content (AvgIpc) is 3.36. The molecule has 1 aliphatic carbocycles. The van der Waals surface area contributed by atoms with Crippen molar-refractivity contribution >= 4 is 29.0 Å². The first-order valence-corrected chi connectivity index (χ1v) is 13.6. The largest absolute Gasteiger partial charge is 0.385 e. The van der Waals surface area contributed by atoms with Gasteiger partial charge in [-0.3, -0.25) is 10.8 Å². The Morgan fingerprint density at radius 2 is 1.90 bits per heavy atom. The Balaban J connectivity index is 0.00000134. The first kappa shape index (κ1) is 30.0. The molecule has 0 atom stereocenters. The van der Waals surface area contributed by atoms with E-state index in [-0.39, 0.29) is 11.8 Å². The molecule has 39 heavy (non-hydrogen) atoms. The summed E-state index contributed by atoms with van der Waals surface area (Å²) in [6.45, 7) is 13.5. The smallest absolute Gasteiger partial charge is 0.163 e. The van der Waals surface area contributed by atoms with E-state index in [1.54, 1.807) is 19.5 Å². The van der Waals surface area contributed by atoms with Crippen LogP contribution in [0.5, 0.6) is 0 Å². The summed E-state index contributed by atoms with van der Waals surface area (Å²) < 4.78 is 13.0. The van der Waals surface area contributed by atoms with Crippen LogP contribution < -0.4 is 11.2 Å². The van der Waals surface area contributed by atoms with Gasteiger partial charge >= 0.3 is 0 Å². The van der Waals surface area contributed by atoms with Crippen LogP contribution in [0.2, 0.25) is 0 Å². The van der Waals surface area contributed by atoms with Gasteiger partial charge < -0.3 is 15.2 Å². The van der Waals surface area contributed by atoms with Gasteiger partial charge in [0.05, 0.1) is 37.0 Å². The summed E-state index contributed by atoms with van der Waals surface area (Å²) in [5.41, 5.74) is 14.7. The fourth-order valence-electron chi connectivity index (χ4n) is 4.80. The molecule has 1 aliphatic rings. The molecule has 4 N–H and O–H groups in total. The third kappa shape index (κ3) is 7.10. The summed E-state index contributed by atoms with van der Waals surface area (Å²) in [6.07, 6.45) is 7.77. The minimum atomic E-state index is -0.722. The number of anilines is 1. The summed E-state index contributed by atoms with van der Waals surface area (Å²) in [4.78, 5) is 5.09. The van der Waals surface area contributed by atoms with Crippen LogP contribution in [0.15, 0.2) is 48.2 Å². The molecule has 9 nitrogen and oxygen atoms in total. The van der Waals surface area contributed by atoms with E-state index in [1.165, 1.54) is 6.42 Å². The molecule has 1 fully saturated rings. The van der Waals surface area contributed by atoms with Crippen molar-refractivity contribution in [2.75, 3.05) is 25.7 Å². The molecule has 2 heterocycles. The Hall–Kier alpha value is -3.56. The molecule has 1 saturated carbocycles. The maximum Gasteiger partial charge on any atom is 0.163 e. The number of aromatic nitrogens is 3. The molecule has 0 amide bonds. The van der Waals surface area contributed by atoms with Gasteiger partial charge in [-0.25, -0.2) is 9.50 Å². The second kappa shape index (κ2) is 14.0. The van der Waals surface area contributed by atoms with Crippen LogP contribution in [0.4, 0.5) is 5.69 Å². The number of para-hydroxylation sites is 1. The van der Waals surface area contributed by atoms with Gasteiger partial charge in [-0.2, -0.15) is 10.2 Å². The van der Waals surface area contributed by atoms with Gasteiger partial charge in [-0.05, 0) is 62.8 Å². The molecule has 0 radical (unpaired) electrons. The molecule has 1 aromatic carbocycles. The van der Waals surface area contributed by atoms with E-state index < -0.39 is 5.60 Å². The number of fused-ring (bicyclic) bond motifs is 1. The minimum absolute atomic E-state index is 0.0890. The molecule has 2 aromatic heterocycles. The predicted molar refractivity (Wildman–Crippen MR) is 160 cm³/mol. The second-order valence-electron chi connectivity index (χ2n) is 9.99. The van der Waals surface area contributed by atoms with Gasteiger partial charge in [0.15, 0.2) is 5.65 Å². The lowest BCUT2D eigenvalue weighted by atomic mass is 9.76. The molecular formula is C30H43N7O2. The normalized spacial score (nSPS) is 19.1. The van der Waals surface area contributed by atoms with Crippen LogP contribution in [0.25, 0.3) is 11.2 Å². The number of rotatable bonds is 10. The van der Waals surface area contributed by atoms with Gasteiger partial charge in [0, 0.05) is 24.3 Å². The van der Waals surface area contributed by atoms with Crippen molar-refractivity contribution in [2.45, 2.75) is 71.3 Å². The van der Waals surface area contributed by atoms with E-state index in [4.69, 9.17) is 25.6 Å². The van der Waals surface area contributed by atoms with E-state index in [0.29, 0.717) is 26.1 Å². The number of hydrazone groups is 1. The third-order valence-electron chi connectivity index (χ3n) is 7.09. The lowest BCUT2D eigenvalue weighted by Crippen LogP contribution is -2.48. The first-order chi connectivity index (χ1) is 18.8. The topological polar surface area (TPSA) is 123 Å². The van der Waals surface area contributed by atoms with Gasteiger partial charge in [0.25, 0.3) is 0 Å². The summed E-state index contributed by atoms with van der Waals surface area (Å²) in [6, 6.07) is 9.76. The number of ether oxygens (including phenoxy) is 2. The number of benzene rings is 1. The number of hydrogen-bond acceptors (Lipinski definition) is 7. The summed E-state index contributed by atoms with van der Waals surface area (Å²) in [5.74, 6) is 0.336. The van der Waals surface area contributed by atoms with Gasteiger partial charge in [-0.1, -0.05) is 45.0 Å². The maximum absolute atomic E-state index is 8.15. The number of methoxy groups -OCH3 is 1. The molecule has 4 rings (SSSR count). The van der Waals surface area contributed by atoms with Crippen molar-refractivity contribution in [2.24, 2.45) is 10.8 Å². The summed E-state index contributed by atoms with van der Waals surface area (Å²) in [7, 11) is 1.64. The van der Waals surface area contributed by atoms with Gasteiger partial charge in [-0.15, -0.1) is 0 Å². The molecule has 0 unspecified atom stereocenters. The van der Waals surface area contributed by atoms with Crippen molar-refractivity contribution in [1.29, 1.82) is 5.41 Å². The molecule has 9 heteroatoms. The molecule has 0 saturated heterocycles. The minimum Gasteiger partial charge on any atom is -0.385 e. The van der Waals surface area contributed by atoms with Crippen LogP contribution in [-0.4, -0.2) is 52.6 Å². The SMILES string of the molecule is C=C(/C=N\Nc1ccccc1)c1cnn2c(C)c(C)c(C3CCC(OCCOC)(C(=N)N)CC3)nc12.CCC. The molecule has 0 bridgehead atoms. The Morgan fingerprint density at radius 3 is 2.51 bits per heavy atom. The van der Waals surface area contributed by atoms with Crippen molar-refractivity contribution in [3.8, 4) is 0 Å². The number of nitrogens with two attached hydrogens (primary N) is 1. The highest BCUT2D eigenvalue weighted by Gasteiger charge is 2.40. The van der Waals surface area contributed by atoms with Crippen LogP contribution in [0.3, 0.4) is 0 Å². The number of amidine groups is 1. The van der Waals surface area contributed by atoms with E-state index in [0.717, 1.165) is 52.3 Å². The second-order valence-corrected chi connectivity index (χ2v) is 9.99. The molecule has 0 spiro atoms. The van der Waals surface area contributed by atoms with Gasteiger partial charge in [0.1, 0.15) is 11.4 Å². The third-order valence-corrected chi connectivity index (χ3v) is 7.09. The molecular weight excluding hydrogens is 490 g/mol. The number of aryl methyl sites for hydroxylation is 1. The Kier molecular flexibility index (Phi) is 10.8. The van der Waals surface area contributed by atoms with E-state index in [2.05, 4.69) is 49.9 Å². The zero-order chi connectivity index (χ0) is 28.4. The highest BCUT2D eigenvalue weighted by Crippen LogP contribution is 2.41.